The standard InChI is InChI=1S/C37H65N5O17/c1-32(43)33-30-36(35(47-2)31-34(33)42(45)46)59-7-3-4-37(44)39-5-8-48-10-12-50-14-16-52-18-20-54-22-24-56-26-28-58-29-27-57-25-23-55-21-19-53-17-15-51-13-11-49-9-6-40-41-38/h30-32,43H,3-29H2,1-2H3,(H,39,44). The first-order valence-electron chi connectivity index (χ1n) is 19.7. The lowest BCUT2D eigenvalue weighted by Gasteiger charge is -2.14. The molecule has 0 fully saturated rings. The Morgan fingerprint density at radius 1 is 0.678 bits per heavy atom. The Morgan fingerprint density at radius 2 is 1.07 bits per heavy atom. The molecule has 0 radical (unpaired) electrons. The second-order valence-electron chi connectivity index (χ2n) is 12.0. The Kier molecular flexibility index (Phi) is 36.3. The molecule has 1 amide bonds. The average Bonchev–Trinajstić information content (AvgIpc) is 3.23. The maximum Gasteiger partial charge on any atom is 0.279 e. The van der Waals surface area contributed by atoms with E-state index in [0.717, 1.165) is 0 Å². The van der Waals surface area contributed by atoms with E-state index in [-0.39, 0.29) is 41.7 Å². The molecule has 1 unspecified atom stereocenters. The number of benzene rings is 1. The maximum atomic E-state index is 12.1. The molecule has 0 heterocycles. The van der Waals surface area contributed by atoms with Crippen LogP contribution in [0.3, 0.4) is 0 Å². The number of nitro benzene ring substituents is 1. The van der Waals surface area contributed by atoms with Gasteiger partial charge in [0.15, 0.2) is 11.5 Å². The molecule has 0 spiro atoms. The molecule has 1 rings (SSSR count). The summed E-state index contributed by atoms with van der Waals surface area (Å²) in [4.78, 5) is 25.4. The molecule has 0 saturated heterocycles. The average molecular weight is 852 g/mol. The van der Waals surface area contributed by atoms with Crippen molar-refractivity contribution in [2.45, 2.75) is 25.9 Å². The van der Waals surface area contributed by atoms with Gasteiger partial charge in [-0.3, -0.25) is 14.9 Å². The van der Waals surface area contributed by atoms with Crippen molar-refractivity contribution in [1.29, 1.82) is 0 Å². The highest BCUT2D eigenvalue weighted by molar-refractivity contribution is 5.75. The van der Waals surface area contributed by atoms with Crippen LogP contribution in [0.2, 0.25) is 0 Å². The molecule has 22 heteroatoms. The number of ether oxygens (including phenoxy) is 13. The summed E-state index contributed by atoms with van der Waals surface area (Å²) in [7, 11) is 1.36. The van der Waals surface area contributed by atoms with E-state index in [1.165, 1.54) is 26.2 Å². The van der Waals surface area contributed by atoms with E-state index >= 15 is 0 Å². The lowest BCUT2D eigenvalue weighted by Crippen LogP contribution is -2.27. The normalized spacial score (nSPS) is 11.6. The summed E-state index contributed by atoms with van der Waals surface area (Å²) >= 11 is 0. The van der Waals surface area contributed by atoms with E-state index in [4.69, 9.17) is 67.1 Å². The summed E-state index contributed by atoms with van der Waals surface area (Å²) in [6, 6.07) is 2.59. The van der Waals surface area contributed by atoms with Gasteiger partial charge in [-0.05, 0) is 24.9 Å². The smallest absolute Gasteiger partial charge is 0.279 e. The molecule has 0 saturated carbocycles. The van der Waals surface area contributed by atoms with Gasteiger partial charge in [0.2, 0.25) is 5.91 Å². The van der Waals surface area contributed by atoms with Crippen LogP contribution >= 0.6 is 0 Å². The second-order valence-corrected chi connectivity index (χ2v) is 12.0. The highest BCUT2D eigenvalue weighted by atomic mass is 16.6. The number of carbonyl (C=O) groups is 1. The minimum Gasteiger partial charge on any atom is -0.493 e. The highest BCUT2D eigenvalue weighted by Crippen LogP contribution is 2.37. The number of hydrogen-bond acceptors (Lipinski definition) is 18. The molecule has 1 atom stereocenters. The fourth-order valence-electron chi connectivity index (χ4n) is 4.55. The van der Waals surface area contributed by atoms with E-state index in [2.05, 4.69) is 15.3 Å². The summed E-state index contributed by atoms with van der Waals surface area (Å²) in [5.74, 6) is 0.256. The van der Waals surface area contributed by atoms with E-state index < -0.39 is 11.0 Å². The van der Waals surface area contributed by atoms with Crippen molar-refractivity contribution >= 4 is 11.6 Å². The van der Waals surface area contributed by atoms with Gasteiger partial charge in [-0.2, -0.15) is 0 Å². The van der Waals surface area contributed by atoms with Gasteiger partial charge in [-0.15, -0.1) is 0 Å². The zero-order chi connectivity index (χ0) is 42.9. The van der Waals surface area contributed by atoms with Crippen molar-refractivity contribution in [2.24, 2.45) is 5.11 Å². The number of methoxy groups -OCH3 is 1. The maximum absolute atomic E-state index is 12.1. The fraction of sp³-hybridized carbons (Fsp3) is 0.811. The number of aliphatic hydroxyl groups excluding tert-OH is 1. The first-order valence-corrected chi connectivity index (χ1v) is 19.7. The van der Waals surface area contributed by atoms with Crippen molar-refractivity contribution in [2.75, 3.05) is 172 Å². The fourth-order valence-corrected chi connectivity index (χ4v) is 4.55. The van der Waals surface area contributed by atoms with Crippen LogP contribution in [-0.4, -0.2) is 188 Å². The predicted molar refractivity (Wildman–Crippen MR) is 211 cm³/mol. The van der Waals surface area contributed by atoms with E-state index in [0.29, 0.717) is 165 Å². The number of rotatable bonds is 44. The molecule has 0 bridgehead atoms. The number of aliphatic hydroxyl groups is 1. The minimum absolute atomic E-state index is 0.112. The van der Waals surface area contributed by atoms with Crippen molar-refractivity contribution in [1.82, 2.24) is 5.32 Å². The van der Waals surface area contributed by atoms with Crippen LogP contribution in [-0.2, 0) is 56.9 Å². The van der Waals surface area contributed by atoms with Crippen LogP contribution in [0.5, 0.6) is 11.5 Å². The molecular weight excluding hydrogens is 786 g/mol. The van der Waals surface area contributed by atoms with Gasteiger partial charge in [-0.25, -0.2) is 0 Å². The number of nitro groups is 1. The largest absolute Gasteiger partial charge is 0.493 e. The zero-order valence-electron chi connectivity index (χ0n) is 34.6. The molecular formula is C37H65N5O17. The van der Waals surface area contributed by atoms with Crippen LogP contribution in [0.25, 0.3) is 10.4 Å². The van der Waals surface area contributed by atoms with Crippen LogP contribution in [0.15, 0.2) is 17.2 Å². The number of nitrogens with one attached hydrogen (secondary N) is 1. The number of azide groups is 1. The summed E-state index contributed by atoms with van der Waals surface area (Å²) in [6.07, 6.45) is -0.447. The lowest BCUT2D eigenvalue weighted by molar-refractivity contribution is -0.386. The van der Waals surface area contributed by atoms with Gasteiger partial charge < -0.3 is 72.0 Å². The third-order valence-corrected chi connectivity index (χ3v) is 7.45. The molecule has 2 N–H and O–H groups in total. The Morgan fingerprint density at radius 3 is 1.42 bits per heavy atom. The van der Waals surface area contributed by atoms with Crippen molar-refractivity contribution in [3.63, 3.8) is 0 Å². The Labute approximate surface area is 346 Å². The molecule has 1 aromatic rings. The molecule has 0 aliphatic carbocycles. The second kappa shape index (κ2) is 40.0. The third-order valence-electron chi connectivity index (χ3n) is 7.45. The SMILES string of the molecule is COc1cc([N+](=O)[O-])c(C(C)O)cc1OCCCC(=O)NCCOCCOCCOCCOCCOCCOCCOCCOCCOCCOCCOCCN=[N+]=[N-]. The topological polar surface area (TPSA) is 261 Å². The Bertz CT molecular complexity index is 1230. The number of hydrogen-bond donors (Lipinski definition) is 2. The van der Waals surface area contributed by atoms with Crippen molar-refractivity contribution < 1.29 is 76.4 Å². The number of amides is 1. The van der Waals surface area contributed by atoms with Crippen molar-refractivity contribution in [3.8, 4) is 11.5 Å². The summed E-state index contributed by atoms with van der Waals surface area (Å²) in [5.41, 5.74) is 8.00. The highest BCUT2D eigenvalue weighted by Gasteiger charge is 2.22. The Hall–Kier alpha value is -3.48. The molecule has 0 aromatic heterocycles. The number of carbonyl (C=O) groups excluding carboxylic acids is 1. The molecule has 0 aliphatic heterocycles. The van der Waals surface area contributed by atoms with Crippen LogP contribution in [0.4, 0.5) is 5.69 Å². The van der Waals surface area contributed by atoms with Gasteiger partial charge in [0, 0.05) is 24.4 Å². The van der Waals surface area contributed by atoms with Gasteiger partial charge in [-0.1, -0.05) is 5.11 Å². The zero-order valence-corrected chi connectivity index (χ0v) is 34.6. The minimum atomic E-state index is -1.07. The summed E-state index contributed by atoms with van der Waals surface area (Å²) in [5, 5.41) is 27.3. The molecule has 22 nitrogen and oxygen atoms in total. The van der Waals surface area contributed by atoms with Crippen molar-refractivity contribution in [3.05, 3.63) is 38.3 Å². The Balaban J connectivity index is 1.76. The van der Waals surface area contributed by atoms with E-state index in [1.54, 1.807) is 0 Å². The summed E-state index contributed by atoms with van der Waals surface area (Å²) < 4.78 is 70.6. The number of nitrogens with zero attached hydrogens (tertiary/aromatic N) is 4. The van der Waals surface area contributed by atoms with Crippen LogP contribution in [0, 0.1) is 10.1 Å². The quantitative estimate of drug-likeness (QED) is 0.0238. The molecule has 340 valence electrons. The van der Waals surface area contributed by atoms with E-state index in [1.807, 2.05) is 0 Å². The van der Waals surface area contributed by atoms with Gasteiger partial charge >= 0.3 is 0 Å². The molecule has 59 heavy (non-hydrogen) atoms. The first-order chi connectivity index (χ1) is 28.9. The van der Waals surface area contributed by atoms with Gasteiger partial charge in [0.25, 0.3) is 5.69 Å². The first kappa shape index (κ1) is 53.5. The third kappa shape index (κ3) is 32.0. The van der Waals surface area contributed by atoms with Gasteiger partial charge in [0.05, 0.1) is 182 Å². The molecule has 1 aromatic carbocycles. The monoisotopic (exact) mass is 851 g/mol. The van der Waals surface area contributed by atoms with Crippen LogP contribution in [0.1, 0.15) is 31.4 Å². The van der Waals surface area contributed by atoms with E-state index in [9.17, 15) is 20.0 Å². The lowest BCUT2D eigenvalue weighted by atomic mass is 10.1. The predicted octanol–water partition coefficient (Wildman–Crippen LogP) is 2.42. The van der Waals surface area contributed by atoms with Crippen LogP contribution < -0.4 is 14.8 Å². The summed E-state index contributed by atoms with van der Waals surface area (Å²) in [6.45, 7) is 12.0. The molecule has 0 aliphatic rings. The van der Waals surface area contributed by atoms with Gasteiger partial charge in [0.1, 0.15) is 0 Å².